The largest absolute Gasteiger partial charge is 0.481 e. The predicted molar refractivity (Wildman–Crippen MR) is 61.5 cm³/mol. The summed E-state index contributed by atoms with van der Waals surface area (Å²) in [6.07, 6.45) is 1.74. The number of hydrogen-bond acceptors (Lipinski definition) is 2. The summed E-state index contributed by atoms with van der Waals surface area (Å²) < 4.78 is 0. The van der Waals surface area contributed by atoms with Gasteiger partial charge in [0, 0.05) is 4.90 Å². The molecule has 2 rings (SSSR count). The first kappa shape index (κ1) is 10.6. The van der Waals surface area contributed by atoms with Gasteiger partial charge in [0.15, 0.2) is 0 Å². The van der Waals surface area contributed by atoms with Crippen LogP contribution in [0.3, 0.4) is 0 Å². The van der Waals surface area contributed by atoms with Gasteiger partial charge in [0.05, 0.1) is 5.92 Å². The fraction of sp³-hybridized carbons (Fsp3) is 0.417. The van der Waals surface area contributed by atoms with Crippen LogP contribution in [0.4, 0.5) is 0 Å². The maximum atomic E-state index is 11.2. The van der Waals surface area contributed by atoms with Crippen LogP contribution in [-0.2, 0) is 4.79 Å². The highest BCUT2D eigenvalue weighted by atomic mass is 32.2. The molecular weight excluding hydrogens is 208 g/mol. The van der Waals surface area contributed by atoms with E-state index in [1.807, 2.05) is 12.1 Å². The highest BCUT2D eigenvalue weighted by Gasteiger charge is 2.25. The number of thioether (sulfide) groups is 1. The number of aliphatic carboxylic acids is 1. The quantitative estimate of drug-likeness (QED) is 0.793. The van der Waals surface area contributed by atoms with Crippen LogP contribution >= 0.6 is 11.8 Å². The van der Waals surface area contributed by atoms with Gasteiger partial charge in [-0.05, 0) is 36.6 Å². The third-order valence-electron chi connectivity index (χ3n) is 2.80. The van der Waals surface area contributed by atoms with Crippen LogP contribution in [0.1, 0.15) is 29.9 Å². The molecule has 3 heteroatoms. The second kappa shape index (κ2) is 4.27. The molecule has 0 aliphatic carbocycles. The van der Waals surface area contributed by atoms with E-state index in [-0.39, 0.29) is 5.92 Å². The van der Waals surface area contributed by atoms with E-state index in [1.54, 1.807) is 11.8 Å². The van der Waals surface area contributed by atoms with Gasteiger partial charge in [-0.25, -0.2) is 0 Å². The van der Waals surface area contributed by atoms with Crippen molar-refractivity contribution in [1.29, 1.82) is 0 Å². The average Bonchev–Trinajstić information content (AvgIpc) is 2.40. The van der Waals surface area contributed by atoms with Gasteiger partial charge in [-0.3, -0.25) is 4.79 Å². The number of carbonyl (C=O) groups is 1. The summed E-state index contributed by atoms with van der Waals surface area (Å²) in [4.78, 5) is 12.4. The SMILES string of the molecule is Cc1cccc2c1SCCCC2C(=O)O. The average molecular weight is 222 g/mol. The van der Waals surface area contributed by atoms with Crippen LogP contribution in [-0.4, -0.2) is 16.8 Å². The Morgan fingerprint density at radius 3 is 3.07 bits per heavy atom. The molecule has 0 fully saturated rings. The first-order valence-electron chi connectivity index (χ1n) is 5.15. The van der Waals surface area contributed by atoms with E-state index in [2.05, 4.69) is 13.0 Å². The van der Waals surface area contributed by atoms with Crippen LogP contribution in [0, 0.1) is 6.92 Å². The van der Waals surface area contributed by atoms with E-state index < -0.39 is 5.97 Å². The van der Waals surface area contributed by atoms with Crippen LogP contribution in [0.15, 0.2) is 23.1 Å². The van der Waals surface area contributed by atoms with Gasteiger partial charge in [0.2, 0.25) is 0 Å². The summed E-state index contributed by atoms with van der Waals surface area (Å²) in [5.41, 5.74) is 2.20. The second-order valence-corrected chi connectivity index (χ2v) is 4.98. The lowest BCUT2D eigenvalue weighted by Crippen LogP contribution is -2.11. The fourth-order valence-electron chi connectivity index (χ4n) is 2.02. The molecular formula is C12H14O2S. The minimum absolute atomic E-state index is 0.310. The van der Waals surface area contributed by atoms with Crippen molar-refractivity contribution in [3.8, 4) is 0 Å². The topological polar surface area (TPSA) is 37.3 Å². The molecule has 1 heterocycles. The number of rotatable bonds is 1. The Balaban J connectivity index is 2.49. The molecule has 80 valence electrons. The number of aryl methyl sites for hydroxylation is 1. The molecule has 0 bridgehead atoms. The number of hydrogen-bond donors (Lipinski definition) is 1. The van der Waals surface area contributed by atoms with Crippen LogP contribution < -0.4 is 0 Å². The van der Waals surface area contributed by atoms with Crippen LogP contribution in [0.25, 0.3) is 0 Å². The number of benzene rings is 1. The van der Waals surface area contributed by atoms with Gasteiger partial charge in [0.25, 0.3) is 0 Å². The summed E-state index contributed by atoms with van der Waals surface area (Å²) in [7, 11) is 0. The molecule has 1 aliphatic heterocycles. The maximum absolute atomic E-state index is 11.2. The number of carboxylic acids is 1. The van der Waals surface area contributed by atoms with Crippen LogP contribution in [0.5, 0.6) is 0 Å². The summed E-state index contributed by atoms with van der Waals surface area (Å²) in [5, 5.41) is 9.19. The third-order valence-corrected chi connectivity index (χ3v) is 4.14. The predicted octanol–water partition coefficient (Wildman–Crippen LogP) is 3.05. The number of fused-ring (bicyclic) bond motifs is 1. The van der Waals surface area contributed by atoms with E-state index in [0.717, 1.165) is 24.2 Å². The van der Waals surface area contributed by atoms with Crippen molar-refractivity contribution < 1.29 is 9.90 Å². The Labute approximate surface area is 93.7 Å². The highest BCUT2D eigenvalue weighted by Crippen LogP contribution is 2.37. The van der Waals surface area contributed by atoms with E-state index >= 15 is 0 Å². The molecule has 0 saturated carbocycles. The fourth-order valence-corrected chi connectivity index (χ4v) is 3.21. The molecule has 1 aromatic carbocycles. The van der Waals surface area contributed by atoms with Gasteiger partial charge < -0.3 is 5.11 Å². The van der Waals surface area contributed by atoms with Gasteiger partial charge in [-0.2, -0.15) is 0 Å². The van der Waals surface area contributed by atoms with E-state index in [4.69, 9.17) is 0 Å². The van der Waals surface area contributed by atoms with Crippen molar-refractivity contribution in [3.05, 3.63) is 29.3 Å². The van der Waals surface area contributed by atoms with Crippen molar-refractivity contribution in [2.24, 2.45) is 0 Å². The van der Waals surface area contributed by atoms with E-state index in [0.29, 0.717) is 0 Å². The molecule has 2 nitrogen and oxygen atoms in total. The lowest BCUT2D eigenvalue weighted by molar-refractivity contribution is -0.139. The summed E-state index contributed by atoms with van der Waals surface area (Å²) >= 11 is 1.79. The molecule has 1 atom stereocenters. The second-order valence-electron chi connectivity index (χ2n) is 3.87. The van der Waals surface area contributed by atoms with Crippen molar-refractivity contribution in [2.45, 2.75) is 30.6 Å². The Morgan fingerprint density at radius 2 is 2.33 bits per heavy atom. The Morgan fingerprint density at radius 1 is 1.53 bits per heavy atom. The monoisotopic (exact) mass is 222 g/mol. The zero-order chi connectivity index (χ0) is 10.8. The van der Waals surface area contributed by atoms with Gasteiger partial charge in [0.1, 0.15) is 0 Å². The van der Waals surface area contributed by atoms with E-state index in [1.165, 1.54) is 10.5 Å². The summed E-state index contributed by atoms with van der Waals surface area (Å²) in [6.45, 7) is 2.05. The third kappa shape index (κ3) is 2.02. The molecule has 1 aromatic rings. The Hall–Kier alpha value is -0.960. The van der Waals surface area contributed by atoms with Gasteiger partial charge in [-0.15, -0.1) is 11.8 Å². The molecule has 0 saturated heterocycles. The zero-order valence-corrected chi connectivity index (χ0v) is 9.51. The van der Waals surface area contributed by atoms with E-state index in [9.17, 15) is 9.90 Å². The van der Waals surface area contributed by atoms with Gasteiger partial charge in [-0.1, -0.05) is 18.2 Å². The smallest absolute Gasteiger partial charge is 0.311 e. The van der Waals surface area contributed by atoms with Crippen molar-refractivity contribution in [1.82, 2.24) is 0 Å². The zero-order valence-electron chi connectivity index (χ0n) is 8.69. The van der Waals surface area contributed by atoms with Crippen molar-refractivity contribution in [2.75, 3.05) is 5.75 Å². The summed E-state index contributed by atoms with van der Waals surface area (Å²) in [6, 6.07) is 5.96. The standard InChI is InChI=1S/C12H14O2S/c1-8-4-2-5-9-10(12(13)14)6-3-7-15-11(8)9/h2,4-5,10H,3,6-7H2,1H3,(H,13,14). The molecule has 15 heavy (non-hydrogen) atoms. The van der Waals surface area contributed by atoms with Crippen LogP contribution in [0.2, 0.25) is 0 Å². The van der Waals surface area contributed by atoms with Gasteiger partial charge >= 0.3 is 5.97 Å². The molecule has 0 aromatic heterocycles. The first-order valence-corrected chi connectivity index (χ1v) is 6.14. The van der Waals surface area contributed by atoms with Crippen molar-refractivity contribution in [3.63, 3.8) is 0 Å². The molecule has 0 spiro atoms. The number of carboxylic acid groups (broad SMARTS) is 1. The van der Waals surface area contributed by atoms with Crippen molar-refractivity contribution >= 4 is 17.7 Å². The maximum Gasteiger partial charge on any atom is 0.311 e. The summed E-state index contributed by atoms with van der Waals surface area (Å²) in [5.74, 6) is 0.0287. The highest BCUT2D eigenvalue weighted by molar-refractivity contribution is 7.99. The molecule has 1 aliphatic rings. The molecule has 1 unspecified atom stereocenters. The lowest BCUT2D eigenvalue weighted by Gasteiger charge is -2.13. The minimum atomic E-state index is -0.690. The lowest BCUT2D eigenvalue weighted by atomic mass is 9.93. The molecule has 1 N–H and O–H groups in total. The normalized spacial score (nSPS) is 20.5. The first-order chi connectivity index (χ1) is 7.20. The minimum Gasteiger partial charge on any atom is -0.481 e. The molecule has 0 amide bonds. The molecule has 0 radical (unpaired) electrons. The Kier molecular flexibility index (Phi) is 3.00. The Bertz CT molecular complexity index is 387.